The van der Waals surface area contributed by atoms with E-state index < -0.39 is 6.04 Å². The standard InChI is InChI=1S/C20H22BrClN2O2/c1-14(20(26)23-2)24(13-15-7-10-17(21)11-8-15)19(25)12-9-16-5-3-4-6-18(16)22/h3-8,10-11,14H,9,12-13H2,1-2H3,(H,23,26). The molecule has 4 nitrogen and oxygen atoms in total. The van der Waals surface area contributed by atoms with Gasteiger partial charge in [-0.25, -0.2) is 0 Å². The first-order valence-corrected chi connectivity index (χ1v) is 9.58. The first-order valence-electron chi connectivity index (χ1n) is 8.41. The summed E-state index contributed by atoms with van der Waals surface area (Å²) in [4.78, 5) is 26.6. The van der Waals surface area contributed by atoms with Crippen molar-refractivity contribution in [3.8, 4) is 0 Å². The largest absolute Gasteiger partial charge is 0.357 e. The van der Waals surface area contributed by atoms with Crippen molar-refractivity contribution in [1.29, 1.82) is 0 Å². The van der Waals surface area contributed by atoms with Crippen molar-refractivity contribution in [2.75, 3.05) is 7.05 Å². The van der Waals surface area contributed by atoms with Crippen LogP contribution in [0, 0.1) is 0 Å². The summed E-state index contributed by atoms with van der Waals surface area (Å²) in [5.41, 5.74) is 1.90. The maximum Gasteiger partial charge on any atom is 0.242 e. The third-order valence-electron chi connectivity index (χ3n) is 4.25. The Morgan fingerprint density at radius 3 is 2.42 bits per heavy atom. The van der Waals surface area contributed by atoms with Gasteiger partial charge in [-0.1, -0.05) is 57.9 Å². The Labute approximate surface area is 167 Å². The van der Waals surface area contributed by atoms with Crippen LogP contribution in [0.25, 0.3) is 0 Å². The number of carbonyl (C=O) groups excluding carboxylic acids is 2. The Morgan fingerprint density at radius 1 is 1.15 bits per heavy atom. The number of benzene rings is 2. The summed E-state index contributed by atoms with van der Waals surface area (Å²) in [6.45, 7) is 2.12. The highest BCUT2D eigenvalue weighted by molar-refractivity contribution is 9.10. The molecule has 0 saturated carbocycles. The van der Waals surface area contributed by atoms with E-state index in [4.69, 9.17) is 11.6 Å². The zero-order valence-electron chi connectivity index (χ0n) is 14.8. The molecule has 2 aromatic carbocycles. The minimum Gasteiger partial charge on any atom is -0.357 e. The Bertz CT molecular complexity index is 765. The molecule has 2 amide bonds. The van der Waals surface area contributed by atoms with E-state index in [9.17, 15) is 9.59 Å². The molecule has 0 aromatic heterocycles. The van der Waals surface area contributed by atoms with Crippen LogP contribution in [0.1, 0.15) is 24.5 Å². The lowest BCUT2D eigenvalue weighted by Crippen LogP contribution is -2.46. The zero-order chi connectivity index (χ0) is 19.1. The number of hydrogen-bond acceptors (Lipinski definition) is 2. The summed E-state index contributed by atoms with van der Waals surface area (Å²) < 4.78 is 0.970. The summed E-state index contributed by atoms with van der Waals surface area (Å²) in [5.74, 6) is -0.267. The van der Waals surface area contributed by atoms with Gasteiger partial charge in [0.25, 0.3) is 0 Å². The topological polar surface area (TPSA) is 49.4 Å². The van der Waals surface area contributed by atoms with Crippen molar-refractivity contribution in [1.82, 2.24) is 10.2 Å². The molecule has 6 heteroatoms. The molecule has 0 saturated heterocycles. The second-order valence-corrected chi connectivity index (χ2v) is 7.35. The lowest BCUT2D eigenvalue weighted by Gasteiger charge is -2.28. The lowest BCUT2D eigenvalue weighted by atomic mass is 10.1. The van der Waals surface area contributed by atoms with E-state index in [1.165, 1.54) is 0 Å². The highest BCUT2D eigenvalue weighted by Crippen LogP contribution is 2.19. The predicted molar refractivity (Wildman–Crippen MR) is 108 cm³/mol. The third-order valence-corrected chi connectivity index (χ3v) is 5.14. The third kappa shape index (κ3) is 5.58. The fourth-order valence-corrected chi connectivity index (χ4v) is 3.16. The summed E-state index contributed by atoms with van der Waals surface area (Å²) >= 11 is 9.58. The van der Waals surface area contributed by atoms with Crippen LogP contribution in [-0.4, -0.2) is 29.8 Å². The number of carbonyl (C=O) groups is 2. The van der Waals surface area contributed by atoms with Gasteiger partial charge >= 0.3 is 0 Å². The van der Waals surface area contributed by atoms with E-state index >= 15 is 0 Å². The molecule has 0 aliphatic carbocycles. The smallest absolute Gasteiger partial charge is 0.242 e. The van der Waals surface area contributed by atoms with Crippen molar-refractivity contribution in [2.24, 2.45) is 0 Å². The van der Waals surface area contributed by atoms with Crippen LogP contribution >= 0.6 is 27.5 Å². The quantitative estimate of drug-likeness (QED) is 0.706. The van der Waals surface area contributed by atoms with E-state index in [1.54, 1.807) is 18.9 Å². The zero-order valence-corrected chi connectivity index (χ0v) is 17.2. The molecule has 138 valence electrons. The van der Waals surface area contributed by atoms with Crippen molar-refractivity contribution in [2.45, 2.75) is 32.4 Å². The predicted octanol–water partition coefficient (Wildman–Crippen LogP) is 4.20. The Morgan fingerprint density at radius 2 is 1.81 bits per heavy atom. The summed E-state index contributed by atoms with van der Waals surface area (Å²) in [6, 6.07) is 14.7. The number of hydrogen-bond donors (Lipinski definition) is 1. The number of likely N-dealkylation sites (N-methyl/N-ethyl adjacent to an activating group) is 1. The fourth-order valence-electron chi connectivity index (χ4n) is 2.66. The highest BCUT2D eigenvalue weighted by Gasteiger charge is 2.25. The van der Waals surface area contributed by atoms with Crippen molar-refractivity contribution in [3.05, 3.63) is 69.2 Å². The van der Waals surface area contributed by atoms with Gasteiger partial charge in [0.15, 0.2) is 0 Å². The second-order valence-electron chi connectivity index (χ2n) is 6.03. The van der Waals surface area contributed by atoms with Crippen LogP contribution in [0.5, 0.6) is 0 Å². The molecule has 0 aliphatic rings. The first-order chi connectivity index (χ1) is 12.4. The Balaban J connectivity index is 2.13. The monoisotopic (exact) mass is 436 g/mol. The van der Waals surface area contributed by atoms with Crippen molar-refractivity contribution >= 4 is 39.3 Å². The van der Waals surface area contributed by atoms with Gasteiger partial charge in [0, 0.05) is 29.5 Å². The van der Waals surface area contributed by atoms with Gasteiger partial charge < -0.3 is 10.2 Å². The summed E-state index contributed by atoms with van der Waals surface area (Å²) in [6.07, 6.45) is 0.831. The van der Waals surface area contributed by atoms with Gasteiger partial charge in [-0.05, 0) is 42.7 Å². The van der Waals surface area contributed by atoms with Crippen molar-refractivity contribution in [3.63, 3.8) is 0 Å². The number of aryl methyl sites for hydroxylation is 1. The number of nitrogens with zero attached hydrogens (tertiary/aromatic N) is 1. The number of amides is 2. The van der Waals surface area contributed by atoms with Gasteiger partial charge in [-0.3, -0.25) is 9.59 Å². The first kappa shape index (κ1) is 20.5. The second kappa shape index (κ2) is 9.74. The van der Waals surface area contributed by atoms with Gasteiger partial charge in [0.1, 0.15) is 6.04 Å². The number of nitrogens with one attached hydrogen (secondary N) is 1. The molecule has 0 heterocycles. The molecular weight excluding hydrogens is 416 g/mol. The van der Waals surface area contributed by atoms with Gasteiger partial charge in [-0.2, -0.15) is 0 Å². The molecule has 0 radical (unpaired) electrons. The molecule has 0 bridgehead atoms. The van der Waals surface area contributed by atoms with Crippen LogP contribution in [-0.2, 0) is 22.6 Å². The van der Waals surface area contributed by atoms with Crippen LogP contribution in [0.15, 0.2) is 53.0 Å². The van der Waals surface area contributed by atoms with Gasteiger partial charge in [-0.15, -0.1) is 0 Å². The van der Waals surface area contributed by atoms with Gasteiger partial charge in [0.05, 0.1) is 0 Å². The minimum absolute atomic E-state index is 0.0797. The summed E-state index contributed by atoms with van der Waals surface area (Å²) in [5, 5.41) is 3.27. The lowest BCUT2D eigenvalue weighted by molar-refractivity contribution is -0.140. The SMILES string of the molecule is CNC(=O)C(C)N(Cc1ccc(Br)cc1)C(=O)CCc1ccccc1Cl. The molecule has 2 aromatic rings. The molecule has 1 unspecified atom stereocenters. The average molecular weight is 438 g/mol. The molecule has 2 rings (SSSR count). The van der Waals surface area contributed by atoms with E-state index in [2.05, 4.69) is 21.2 Å². The molecule has 1 N–H and O–H groups in total. The number of rotatable bonds is 7. The van der Waals surface area contributed by atoms with E-state index in [-0.39, 0.29) is 11.8 Å². The maximum atomic E-state index is 12.9. The fraction of sp³-hybridized carbons (Fsp3) is 0.300. The molecule has 0 spiro atoms. The van der Waals surface area contributed by atoms with E-state index in [0.717, 1.165) is 15.6 Å². The average Bonchev–Trinajstić information content (AvgIpc) is 2.65. The van der Waals surface area contributed by atoms with Crippen LogP contribution in [0.3, 0.4) is 0 Å². The molecule has 26 heavy (non-hydrogen) atoms. The van der Waals surface area contributed by atoms with Crippen LogP contribution < -0.4 is 5.32 Å². The Hall–Kier alpha value is -1.85. The molecule has 1 atom stereocenters. The minimum atomic E-state index is -0.553. The van der Waals surface area contributed by atoms with Crippen LogP contribution in [0.4, 0.5) is 0 Å². The number of halogens is 2. The summed E-state index contributed by atoms with van der Waals surface area (Å²) in [7, 11) is 1.57. The Kier molecular flexibility index (Phi) is 7.66. The highest BCUT2D eigenvalue weighted by atomic mass is 79.9. The van der Waals surface area contributed by atoms with E-state index in [1.807, 2.05) is 48.5 Å². The molecule has 0 fully saturated rings. The normalized spacial score (nSPS) is 11.7. The molecular formula is C20H22BrClN2O2. The van der Waals surface area contributed by atoms with Crippen LogP contribution in [0.2, 0.25) is 5.02 Å². The van der Waals surface area contributed by atoms with Crippen molar-refractivity contribution < 1.29 is 9.59 Å². The maximum absolute atomic E-state index is 12.9. The van der Waals surface area contributed by atoms with Gasteiger partial charge in [0.2, 0.25) is 11.8 Å². The molecule has 0 aliphatic heterocycles. The van der Waals surface area contributed by atoms with E-state index in [0.29, 0.717) is 24.4 Å².